The number of amides is 4. The second-order valence-electron chi connectivity index (χ2n) is 18.8. The maximum atomic E-state index is 14.5. The fraction of sp³-hybridized carbons (Fsp3) is 0.267. The molecule has 0 N–H and O–H groups in total. The van der Waals surface area contributed by atoms with Gasteiger partial charge < -0.3 is 0 Å². The number of nitrogens with zero attached hydrogens (tertiary/aromatic N) is 2. The molecule has 4 heterocycles. The van der Waals surface area contributed by atoms with E-state index in [2.05, 4.69) is 36.7 Å². The zero-order valence-corrected chi connectivity index (χ0v) is 40.4. The molecular weight excluding hydrogens is 877 g/mol. The van der Waals surface area contributed by atoms with E-state index in [-0.39, 0.29) is 23.6 Å². The number of aryl methyl sites for hydroxylation is 2. The summed E-state index contributed by atoms with van der Waals surface area (Å²) in [5.41, 5.74) is 7.78. The minimum absolute atomic E-state index is 0.361. The molecule has 0 saturated carbocycles. The first-order valence-corrected chi connectivity index (χ1v) is 26.4. The normalized spacial score (nSPS) is 13.7. The molecule has 4 amide bonds. The highest BCUT2D eigenvalue weighted by molar-refractivity contribution is 7.14. The van der Waals surface area contributed by atoms with Crippen LogP contribution in [0.25, 0.3) is 64.0 Å². The highest BCUT2D eigenvalue weighted by Gasteiger charge is 2.38. The van der Waals surface area contributed by atoms with Gasteiger partial charge in [0, 0.05) is 42.8 Å². The molecule has 11 rings (SSSR count). The topological polar surface area (TPSA) is 74.8 Å². The van der Waals surface area contributed by atoms with Crippen LogP contribution in [0.2, 0.25) is 0 Å². The van der Waals surface area contributed by atoms with E-state index in [9.17, 15) is 19.2 Å². The molecular formula is C60H54N2O4S2. The van der Waals surface area contributed by atoms with Crippen molar-refractivity contribution in [3.63, 3.8) is 0 Å². The first-order valence-electron chi connectivity index (χ1n) is 24.7. The first-order chi connectivity index (χ1) is 33.3. The molecule has 0 spiro atoms. The second-order valence-corrected chi connectivity index (χ2v) is 20.6. The molecule has 0 atom stereocenters. The van der Waals surface area contributed by atoms with E-state index < -0.39 is 0 Å². The first kappa shape index (κ1) is 44.1. The average molecular weight is 931 g/mol. The Balaban J connectivity index is 0.860. The summed E-state index contributed by atoms with van der Waals surface area (Å²) in [5.74, 6) is -1.44. The van der Waals surface area contributed by atoms with Gasteiger partial charge in [0.05, 0.1) is 11.4 Å². The number of carbonyl (C=O) groups excluding carboxylic acids is 4. The van der Waals surface area contributed by atoms with Gasteiger partial charge in [-0.25, -0.2) is 9.80 Å². The Kier molecular flexibility index (Phi) is 12.0. The summed E-state index contributed by atoms with van der Waals surface area (Å²) in [6.45, 7) is 4.49. The van der Waals surface area contributed by atoms with Gasteiger partial charge in [0.2, 0.25) is 0 Å². The Morgan fingerprint density at radius 3 is 1.03 bits per heavy atom. The number of imide groups is 2. The zero-order valence-electron chi connectivity index (χ0n) is 38.8. The number of rotatable bonds is 18. The van der Waals surface area contributed by atoms with Gasteiger partial charge in [0.25, 0.3) is 23.6 Å². The van der Waals surface area contributed by atoms with E-state index in [1.165, 1.54) is 108 Å². The van der Waals surface area contributed by atoms with Crippen LogP contribution in [0.4, 0.5) is 11.4 Å². The Bertz CT molecular complexity index is 3070. The standard InChI is InChI=1S/C60H54N2O4S2/c1-3-5-7-9-11-13-15-37-33-51(67-35-37)39-17-21-41(22-18-39)61-57(63)47-29-25-43-45-27-31-49-56-50(32-28-46(54(45)56)44-26-30-48(58(61)64)55(47)53(43)44)60(66)62(59(49)65)42-23-19-40(20-24-42)52-34-38(36-68-52)16-14-12-10-8-6-4-2/h17-36H,3-16H2,1-2H3. The van der Waals surface area contributed by atoms with Crippen molar-refractivity contribution in [1.82, 2.24) is 0 Å². The largest absolute Gasteiger partial charge is 0.268 e. The number of carbonyl (C=O) groups is 4. The van der Waals surface area contributed by atoms with Crippen LogP contribution in [-0.2, 0) is 12.8 Å². The minimum atomic E-state index is -0.361. The van der Waals surface area contributed by atoms with Gasteiger partial charge >= 0.3 is 0 Å². The lowest BCUT2D eigenvalue weighted by atomic mass is 9.82. The monoisotopic (exact) mass is 930 g/mol. The van der Waals surface area contributed by atoms with Gasteiger partial charge in [-0.2, -0.15) is 0 Å². The third-order valence-electron chi connectivity index (χ3n) is 14.4. The highest BCUT2D eigenvalue weighted by Crippen LogP contribution is 2.47. The summed E-state index contributed by atoms with van der Waals surface area (Å²) in [4.78, 5) is 62.8. The Morgan fingerprint density at radius 2 is 0.691 bits per heavy atom. The van der Waals surface area contributed by atoms with Crippen LogP contribution in [0.15, 0.2) is 120 Å². The number of fused-ring (bicyclic) bond motifs is 2. The fourth-order valence-corrected chi connectivity index (χ4v) is 12.7. The third-order valence-corrected chi connectivity index (χ3v) is 16.5. The van der Waals surface area contributed by atoms with Crippen molar-refractivity contribution in [2.75, 3.05) is 9.80 Å². The molecule has 2 aromatic heterocycles. The van der Waals surface area contributed by atoms with E-state index in [1.807, 2.05) is 97.1 Å². The molecule has 340 valence electrons. The summed E-state index contributed by atoms with van der Waals surface area (Å²) in [5, 5.41) is 10.9. The van der Waals surface area contributed by atoms with Crippen LogP contribution < -0.4 is 9.80 Å². The third kappa shape index (κ3) is 7.62. The summed E-state index contributed by atoms with van der Waals surface area (Å²) in [6.07, 6.45) is 17.5. The molecule has 7 aromatic carbocycles. The molecule has 0 fully saturated rings. The van der Waals surface area contributed by atoms with Crippen LogP contribution in [0.5, 0.6) is 0 Å². The molecule has 0 radical (unpaired) electrons. The van der Waals surface area contributed by atoms with Crippen molar-refractivity contribution in [3.8, 4) is 20.9 Å². The summed E-state index contributed by atoms with van der Waals surface area (Å²) >= 11 is 3.47. The SMILES string of the molecule is CCCCCCCCc1csc(-c2ccc(N3C(=O)c4ccc5c6ccc7c8c(ccc(c9ccc(c4c59)C3=O)c86)C(=O)N(c3ccc(-c4cc(CCCCCCCC)cs4)cc3)C7=O)cc2)c1. The predicted octanol–water partition coefficient (Wildman–Crippen LogP) is 16.6. The molecule has 0 unspecified atom stereocenters. The van der Waals surface area contributed by atoms with E-state index >= 15 is 0 Å². The van der Waals surface area contributed by atoms with E-state index in [1.54, 1.807) is 22.7 Å². The summed E-state index contributed by atoms with van der Waals surface area (Å²) < 4.78 is 0. The van der Waals surface area contributed by atoms with Crippen molar-refractivity contribution in [2.24, 2.45) is 0 Å². The Hall–Kier alpha value is -6.48. The predicted molar refractivity (Wildman–Crippen MR) is 284 cm³/mol. The van der Waals surface area contributed by atoms with Crippen LogP contribution >= 0.6 is 22.7 Å². The molecule has 0 aliphatic carbocycles. The molecule has 8 heteroatoms. The zero-order chi connectivity index (χ0) is 46.5. The Morgan fingerprint density at radius 1 is 0.368 bits per heavy atom. The van der Waals surface area contributed by atoms with Crippen molar-refractivity contribution in [2.45, 2.75) is 104 Å². The number of anilines is 2. The molecule has 2 aliphatic heterocycles. The lowest BCUT2D eigenvalue weighted by molar-refractivity contribution is 0.0877. The van der Waals surface area contributed by atoms with Crippen molar-refractivity contribution in [1.29, 1.82) is 0 Å². The quantitative estimate of drug-likeness (QED) is 0.0372. The maximum absolute atomic E-state index is 14.5. The van der Waals surface area contributed by atoms with Crippen molar-refractivity contribution < 1.29 is 19.2 Å². The number of benzene rings is 7. The molecule has 0 bridgehead atoms. The summed E-state index contributed by atoms with van der Waals surface area (Å²) in [6, 6.07) is 35.2. The molecule has 2 aliphatic rings. The van der Waals surface area contributed by atoms with E-state index in [0.29, 0.717) is 44.4 Å². The van der Waals surface area contributed by atoms with Gasteiger partial charge in [-0.05, 0) is 152 Å². The van der Waals surface area contributed by atoms with Crippen molar-refractivity contribution in [3.05, 3.63) is 153 Å². The number of unbranched alkanes of at least 4 members (excludes halogenated alkanes) is 10. The number of thiophene rings is 2. The maximum Gasteiger partial charge on any atom is 0.265 e. The fourth-order valence-electron chi connectivity index (χ4n) is 10.8. The van der Waals surface area contributed by atoms with Gasteiger partial charge in [-0.3, -0.25) is 19.2 Å². The van der Waals surface area contributed by atoms with Gasteiger partial charge in [-0.15, -0.1) is 22.7 Å². The van der Waals surface area contributed by atoms with E-state index in [0.717, 1.165) is 56.3 Å². The smallest absolute Gasteiger partial charge is 0.265 e. The second kappa shape index (κ2) is 18.5. The molecule has 6 nitrogen and oxygen atoms in total. The molecule has 9 aromatic rings. The van der Waals surface area contributed by atoms with Crippen LogP contribution in [0.1, 0.15) is 143 Å². The van der Waals surface area contributed by atoms with Crippen molar-refractivity contribution >= 4 is 101 Å². The molecule has 0 saturated heterocycles. The number of hydrogen-bond donors (Lipinski definition) is 0. The Labute approximate surface area is 405 Å². The number of hydrogen-bond acceptors (Lipinski definition) is 6. The van der Waals surface area contributed by atoms with Crippen LogP contribution in [-0.4, -0.2) is 23.6 Å². The lowest BCUT2D eigenvalue weighted by Crippen LogP contribution is -2.40. The highest BCUT2D eigenvalue weighted by atomic mass is 32.1. The van der Waals surface area contributed by atoms with E-state index in [4.69, 9.17) is 0 Å². The minimum Gasteiger partial charge on any atom is -0.268 e. The van der Waals surface area contributed by atoms with Gasteiger partial charge in [-0.1, -0.05) is 127 Å². The average Bonchev–Trinajstić information content (AvgIpc) is 4.05. The van der Waals surface area contributed by atoms with Gasteiger partial charge in [0.1, 0.15) is 0 Å². The lowest BCUT2D eigenvalue weighted by Gasteiger charge is -2.30. The summed E-state index contributed by atoms with van der Waals surface area (Å²) in [7, 11) is 0. The van der Waals surface area contributed by atoms with Crippen LogP contribution in [0.3, 0.4) is 0 Å². The van der Waals surface area contributed by atoms with Crippen LogP contribution in [0, 0.1) is 0 Å². The molecule has 68 heavy (non-hydrogen) atoms. The van der Waals surface area contributed by atoms with Gasteiger partial charge in [0.15, 0.2) is 0 Å².